The van der Waals surface area contributed by atoms with E-state index in [1.165, 1.54) is 51.4 Å². The molecule has 2 aliphatic rings. The van der Waals surface area contributed by atoms with Gasteiger partial charge in [0.05, 0.1) is 31.5 Å². The van der Waals surface area contributed by atoms with Crippen LogP contribution in [0.5, 0.6) is 0 Å². The molecule has 2 unspecified atom stereocenters. The third kappa shape index (κ3) is 11.3. The Labute approximate surface area is 260 Å². The number of rotatable bonds is 21. The van der Waals surface area contributed by atoms with Crippen LogP contribution >= 0.6 is 0 Å². The smallest absolute Gasteiger partial charge is 0.187 e. The van der Waals surface area contributed by atoms with Crippen molar-refractivity contribution in [2.24, 2.45) is 5.73 Å². The second-order valence-electron chi connectivity index (χ2n) is 12.4. The number of aliphatic hydroxyl groups excluding tert-OH is 10. The summed E-state index contributed by atoms with van der Waals surface area (Å²) in [7, 11) is 0. The van der Waals surface area contributed by atoms with Gasteiger partial charge in [-0.1, -0.05) is 84.0 Å². The zero-order valence-corrected chi connectivity index (χ0v) is 26.0. The van der Waals surface area contributed by atoms with Gasteiger partial charge in [-0.3, -0.25) is 0 Å². The Morgan fingerprint density at radius 2 is 1.16 bits per heavy atom. The molecule has 12 N–H and O–H groups in total. The van der Waals surface area contributed by atoms with E-state index < -0.39 is 98.8 Å². The van der Waals surface area contributed by atoms with Crippen molar-refractivity contribution in [3.8, 4) is 0 Å². The van der Waals surface area contributed by atoms with E-state index in [1.54, 1.807) is 0 Å². The van der Waals surface area contributed by atoms with E-state index in [4.69, 9.17) is 19.9 Å². The topological polar surface area (TPSA) is 256 Å². The number of ether oxygens (including phenoxy) is 3. The molecule has 44 heavy (non-hydrogen) atoms. The lowest BCUT2D eigenvalue weighted by Gasteiger charge is -2.47. The van der Waals surface area contributed by atoms with Crippen molar-refractivity contribution in [2.45, 2.75) is 176 Å². The maximum absolute atomic E-state index is 10.8. The molecule has 0 aliphatic carbocycles. The average molecular weight is 642 g/mol. The summed E-state index contributed by atoms with van der Waals surface area (Å²) in [6, 6.07) is -1.48. The number of hydrogen-bond acceptors (Lipinski definition) is 14. The monoisotopic (exact) mass is 641 g/mol. The van der Waals surface area contributed by atoms with Gasteiger partial charge in [-0.2, -0.15) is 0 Å². The molecule has 14 atom stereocenters. The highest BCUT2D eigenvalue weighted by Gasteiger charge is 2.52. The van der Waals surface area contributed by atoms with Crippen molar-refractivity contribution in [2.75, 3.05) is 13.2 Å². The quantitative estimate of drug-likeness (QED) is 0.0616. The standard InChI is InChI=1S/C30H59NO13/c1-2-3-4-5-6-7-8-9-10-11-12-13-14-17(34)21(35)20(31)23(37)29-26(40)25(39)28(19(16-33)42-29)44-30-27(41)24(38)22(36)18(15-32)43-30/h17-30,32-41H,2-16,31H2,1H3/t17-,18-,19-,20-,21-,22+,23?,24+,25-,26-,27-,28-,29?,30+/m1/s1. The van der Waals surface area contributed by atoms with Crippen LogP contribution in [-0.4, -0.2) is 150 Å². The third-order valence-corrected chi connectivity index (χ3v) is 8.91. The summed E-state index contributed by atoms with van der Waals surface area (Å²) < 4.78 is 16.4. The summed E-state index contributed by atoms with van der Waals surface area (Å²) in [5.41, 5.74) is 6.03. The number of unbranched alkanes of at least 4 members (excludes halogenated alkanes) is 11. The largest absolute Gasteiger partial charge is 0.394 e. The lowest BCUT2D eigenvalue weighted by Crippen LogP contribution is -2.68. The van der Waals surface area contributed by atoms with Crippen LogP contribution in [0, 0.1) is 0 Å². The van der Waals surface area contributed by atoms with Gasteiger partial charge in [-0.25, -0.2) is 0 Å². The molecule has 2 fully saturated rings. The van der Waals surface area contributed by atoms with Crippen LogP contribution in [0.25, 0.3) is 0 Å². The zero-order chi connectivity index (χ0) is 32.8. The Morgan fingerprint density at radius 3 is 1.68 bits per heavy atom. The van der Waals surface area contributed by atoms with Crippen LogP contribution in [0.3, 0.4) is 0 Å². The van der Waals surface area contributed by atoms with Gasteiger partial charge in [-0.05, 0) is 6.42 Å². The number of nitrogens with two attached hydrogens (primary N) is 1. The molecule has 0 amide bonds. The molecule has 0 spiro atoms. The van der Waals surface area contributed by atoms with Crippen LogP contribution in [-0.2, 0) is 14.2 Å². The molecule has 2 aliphatic heterocycles. The highest BCUT2D eigenvalue weighted by atomic mass is 16.7. The van der Waals surface area contributed by atoms with Gasteiger partial charge in [0.25, 0.3) is 0 Å². The number of aliphatic hydroxyl groups is 10. The molecule has 0 bridgehead atoms. The summed E-state index contributed by atoms with van der Waals surface area (Å²) in [6.07, 6.45) is -6.97. The molecule has 2 saturated heterocycles. The Kier molecular flexibility index (Phi) is 18.6. The van der Waals surface area contributed by atoms with Crippen molar-refractivity contribution in [1.82, 2.24) is 0 Å². The SMILES string of the molecule is CCCCCCCCCCCCCC[C@@H](O)[C@@H](O)[C@@H](N)C(O)C1O[C@H](CO)[C@@H](O[C@@H]2O[C@H](CO)[C@H](O)[C@H](O)[C@H]2O)[C@H](O)[C@H]1O. The van der Waals surface area contributed by atoms with Gasteiger partial charge in [0.15, 0.2) is 6.29 Å². The predicted molar refractivity (Wildman–Crippen MR) is 158 cm³/mol. The molecule has 262 valence electrons. The minimum atomic E-state index is -1.85. The molecule has 0 saturated carbocycles. The minimum absolute atomic E-state index is 0.254. The molecule has 14 nitrogen and oxygen atoms in total. The minimum Gasteiger partial charge on any atom is -0.394 e. The summed E-state index contributed by atoms with van der Waals surface area (Å²) in [5, 5.41) is 103. The average Bonchev–Trinajstić information content (AvgIpc) is 3.02. The predicted octanol–water partition coefficient (Wildman–Crippen LogP) is -1.85. The van der Waals surface area contributed by atoms with E-state index in [2.05, 4.69) is 6.92 Å². The fourth-order valence-electron chi connectivity index (χ4n) is 5.94. The Morgan fingerprint density at radius 1 is 0.636 bits per heavy atom. The molecule has 0 aromatic rings. The fraction of sp³-hybridized carbons (Fsp3) is 1.00. The van der Waals surface area contributed by atoms with E-state index in [1.807, 2.05) is 0 Å². The Bertz CT molecular complexity index is 750. The summed E-state index contributed by atoms with van der Waals surface area (Å²) in [5.74, 6) is 0. The van der Waals surface area contributed by atoms with Crippen LogP contribution < -0.4 is 5.73 Å². The fourth-order valence-corrected chi connectivity index (χ4v) is 5.94. The van der Waals surface area contributed by atoms with Gasteiger partial charge in [0, 0.05) is 0 Å². The summed E-state index contributed by atoms with van der Waals surface area (Å²) in [4.78, 5) is 0. The van der Waals surface area contributed by atoms with E-state index >= 15 is 0 Å². The van der Waals surface area contributed by atoms with Crippen LogP contribution in [0.2, 0.25) is 0 Å². The maximum Gasteiger partial charge on any atom is 0.187 e. The molecule has 0 aromatic carbocycles. The van der Waals surface area contributed by atoms with Crippen molar-refractivity contribution < 1.29 is 65.3 Å². The molecule has 0 aromatic heterocycles. The molecule has 2 heterocycles. The highest BCUT2D eigenvalue weighted by molar-refractivity contribution is 5.00. The lowest BCUT2D eigenvalue weighted by atomic mass is 9.87. The van der Waals surface area contributed by atoms with Crippen molar-refractivity contribution in [3.05, 3.63) is 0 Å². The Hall–Kier alpha value is -0.560. The first-order chi connectivity index (χ1) is 21.0. The first-order valence-corrected chi connectivity index (χ1v) is 16.4. The van der Waals surface area contributed by atoms with E-state index in [-0.39, 0.29) is 6.42 Å². The first-order valence-electron chi connectivity index (χ1n) is 16.4. The van der Waals surface area contributed by atoms with Gasteiger partial charge < -0.3 is 71.0 Å². The molecule has 2 rings (SSSR count). The first kappa shape index (κ1) is 39.6. The van der Waals surface area contributed by atoms with Gasteiger partial charge in [0.1, 0.15) is 61.0 Å². The van der Waals surface area contributed by atoms with E-state index in [0.29, 0.717) is 6.42 Å². The molecule has 14 heteroatoms. The van der Waals surface area contributed by atoms with Crippen molar-refractivity contribution >= 4 is 0 Å². The van der Waals surface area contributed by atoms with Gasteiger partial charge in [0.2, 0.25) is 0 Å². The van der Waals surface area contributed by atoms with E-state index in [0.717, 1.165) is 19.3 Å². The number of hydrogen-bond donors (Lipinski definition) is 11. The van der Waals surface area contributed by atoms with E-state index in [9.17, 15) is 51.1 Å². The highest BCUT2D eigenvalue weighted by Crippen LogP contribution is 2.31. The van der Waals surface area contributed by atoms with Crippen molar-refractivity contribution in [3.63, 3.8) is 0 Å². The second kappa shape index (κ2) is 20.6. The second-order valence-corrected chi connectivity index (χ2v) is 12.4. The van der Waals surface area contributed by atoms with Crippen LogP contribution in [0.4, 0.5) is 0 Å². The normalized spacial score (nSPS) is 35.7. The Balaban J connectivity index is 1.80. The lowest BCUT2D eigenvalue weighted by molar-refractivity contribution is -0.345. The maximum atomic E-state index is 10.8. The summed E-state index contributed by atoms with van der Waals surface area (Å²) in [6.45, 7) is 0.705. The zero-order valence-electron chi connectivity index (χ0n) is 26.0. The third-order valence-electron chi connectivity index (χ3n) is 8.91. The van der Waals surface area contributed by atoms with Gasteiger partial charge >= 0.3 is 0 Å². The molecule has 0 radical (unpaired) electrons. The molecular weight excluding hydrogens is 582 g/mol. The van der Waals surface area contributed by atoms with Crippen molar-refractivity contribution in [1.29, 1.82) is 0 Å². The summed E-state index contributed by atoms with van der Waals surface area (Å²) >= 11 is 0. The molecular formula is C30H59NO13. The van der Waals surface area contributed by atoms with Crippen LogP contribution in [0.1, 0.15) is 90.4 Å². The van der Waals surface area contributed by atoms with Gasteiger partial charge in [-0.15, -0.1) is 0 Å². The van der Waals surface area contributed by atoms with Crippen LogP contribution in [0.15, 0.2) is 0 Å².